The second kappa shape index (κ2) is 9.97. The van der Waals surface area contributed by atoms with Gasteiger partial charge in [-0.3, -0.25) is 11.3 Å². The van der Waals surface area contributed by atoms with Crippen molar-refractivity contribution < 1.29 is 0 Å². The van der Waals surface area contributed by atoms with Crippen molar-refractivity contribution in [2.45, 2.75) is 57.9 Å². The van der Waals surface area contributed by atoms with Crippen molar-refractivity contribution in [1.82, 2.24) is 5.43 Å². The van der Waals surface area contributed by atoms with Crippen LogP contribution in [0.5, 0.6) is 0 Å². The van der Waals surface area contributed by atoms with Crippen LogP contribution >= 0.6 is 34.2 Å². The van der Waals surface area contributed by atoms with Crippen LogP contribution in [0.2, 0.25) is 5.02 Å². The number of rotatable bonds is 9. The van der Waals surface area contributed by atoms with Gasteiger partial charge in [-0.2, -0.15) is 0 Å². The minimum Gasteiger partial charge on any atom is -0.271 e. The van der Waals surface area contributed by atoms with E-state index in [1.54, 1.807) is 0 Å². The Hall–Kier alpha value is 0.160. The predicted molar refractivity (Wildman–Crippen MR) is 92.2 cm³/mol. The topological polar surface area (TPSA) is 38.0 Å². The van der Waals surface area contributed by atoms with Gasteiger partial charge in [0, 0.05) is 9.61 Å². The molecule has 0 aromatic heterocycles. The zero-order chi connectivity index (χ0) is 14.1. The molecule has 0 spiro atoms. The SMILES string of the molecule is CCCCCCCCC(NN)c1ccc(I)c(Cl)c1. The second-order valence-electron chi connectivity index (χ2n) is 4.95. The number of hydrazine groups is 1. The van der Waals surface area contributed by atoms with Gasteiger partial charge >= 0.3 is 0 Å². The third kappa shape index (κ3) is 6.43. The Kier molecular flexibility index (Phi) is 9.03. The summed E-state index contributed by atoms with van der Waals surface area (Å²) in [5, 5.41) is 0.807. The normalized spacial score (nSPS) is 12.6. The van der Waals surface area contributed by atoms with Crippen LogP contribution in [-0.2, 0) is 0 Å². The smallest absolute Gasteiger partial charge is 0.0542 e. The van der Waals surface area contributed by atoms with Crippen molar-refractivity contribution in [3.8, 4) is 0 Å². The van der Waals surface area contributed by atoms with Crippen molar-refractivity contribution >= 4 is 34.2 Å². The van der Waals surface area contributed by atoms with Crippen molar-refractivity contribution in [3.05, 3.63) is 32.4 Å². The summed E-state index contributed by atoms with van der Waals surface area (Å²) in [6.45, 7) is 2.24. The van der Waals surface area contributed by atoms with Gasteiger partial charge in [0.1, 0.15) is 0 Å². The molecule has 0 heterocycles. The van der Waals surface area contributed by atoms with Crippen LogP contribution in [-0.4, -0.2) is 0 Å². The van der Waals surface area contributed by atoms with E-state index in [9.17, 15) is 0 Å². The zero-order valence-electron chi connectivity index (χ0n) is 11.6. The standard InChI is InChI=1S/C15H24ClIN2/c1-2-3-4-5-6-7-8-15(19-18)12-9-10-14(17)13(16)11-12/h9-11,15,19H,2-8,18H2,1H3. The minimum absolute atomic E-state index is 0.209. The molecule has 0 amide bonds. The highest BCUT2D eigenvalue weighted by atomic mass is 127. The minimum atomic E-state index is 0.209. The van der Waals surface area contributed by atoms with E-state index >= 15 is 0 Å². The quantitative estimate of drug-likeness (QED) is 0.261. The predicted octanol–water partition coefficient (Wildman–Crippen LogP) is 5.20. The Bertz CT molecular complexity index is 371. The van der Waals surface area contributed by atoms with E-state index < -0.39 is 0 Å². The van der Waals surface area contributed by atoms with Crippen LogP contribution < -0.4 is 11.3 Å². The highest BCUT2D eigenvalue weighted by Gasteiger charge is 2.10. The fourth-order valence-electron chi connectivity index (χ4n) is 2.20. The summed E-state index contributed by atoms with van der Waals surface area (Å²) in [6, 6.07) is 6.38. The number of unbranched alkanes of at least 4 members (excludes halogenated alkanes) is 5. The molecule has 0 saturated carbocycles. The molecule has 0 saturated heterocycles. The summed E-state index contributed by atoms with van der Waals surface area (Å²) in [5.41, 5.74) is 4.09. The van der Waals surface area contributed by atoms with E-state index in [4.69, 9.17) is 17.4 Å². The summed E-state index contributed by atoms with van der Waals surface area (Å²) in [7, 11) is 0. The first-order valence-corrected chi connectivity index (χ1v) is 8.55. The Morgan fingerprint density at radius 3 is 2.53 bits per heavy atom. The fourth-order valence-corrected chi connectivity index (χ4v) is 2.73. The Labute approximate surface area is 135 Å². The van der Waals surface area contributed by atoms with Gasteiger partial charge in [0.15, 0.2) is 0 Å². The average Bonchev–Trinajstić information content (AvgIpc) is 2.41. The van der Waals surface area contributed by atoms with Crippen molar-refractivity contribution in [3.63, 3.8) is 0 Å². The monoisotopic (exact) mass is 394 g/mol. The van der Waals surface area contributed by atoms with E-state index in [0.29, 0.717) is 0 Å². The van der Waals surface area contributed by atoms with Crippen LogP contribution in [0.1, 0.15) is 63.5 Å². The van der Waals surface area contributed by atoms with Gasteiger partial charge < -0.3 is 0 Å². The van der Waals surface area contributed by atoms with Gasteiger partial charge in [0.05, 0.1) is 5.02 Å². The van der Waals surface area contributed by atoms with Gasteiger partial charge in [0.25, 0.3) is 0 Å². The molecule has 0 aliphatic rings. The molecule has 0 radical (unpaired) electrons. The summed E-state index contributed by atoms with van der Waals surface area (Å²) >= 11 is 8.40. The van der Waals surface area contributed by atoms with Gasteiger partial charge in [-0.05, 0) is 46.7 Å². The lowest BCUT2D eigenvalue weighted by atomic mass is 10.00. The number of hydrogen-bond donors (Lipinski definition) is 2. The molecule has 1 atom stereocenters. The first-order chi connectivity index (χ1) is 9.19. The Morgan fingerprint density at radius 1 is 1.21 bits per heavy atom. The highest BCUT2D eigenvalue weighted by molar-refractivity contribution is 14.1. The number of halogens is 2. The maximum absolute atomic E-state index is 6.16. The summed E-state index contributed by atoms with van der Waals surface area (Å²) < 4.78 is 1.08. The molecule has 1 aromatic carbocycles. The Morgan fingerprint density at radius 2 is 1.89 bits per heavy atom. The van der Waals surface area contributed by atoms with Crippen LogP contribution in [0.4, 0.5) is 0 Å². The zero-order valence-corrected chi connectivity index (χ0v) is 14.5. The molecule has 108 valence electrons. The first kappa shape index (κ1) is 17.2. The molecule has 0 aliphatic carbocycles. The molecule has 2 nitrogen and oxygen atoms in total. The fraction of sp³-hybridized carbons (Fsp3) is 0.600. The highest BCUT2D eigenvalue weighted by Crippen LogP contribution is 2.25. The van der Waals surface area contributed by atoms with Crippen LogP contribution in [0, 0.1) is 3.57 Å². The third-order valence-electron chi connectivity index (χ3n) is 3.39. The van der Waals surface area contributed by atoms with E-state index in [1.807, 2.05) is 12.1 Å². The van der Waals surface area contributed by atoms with E-state index in [-0.39, 0.29) is 6.04 Å². The van der Waals surface area contributed by atoms with Gasteiger partial charge in [-0.25, -0.2) is 0 Å². The summed E-state index contributed by atoms with van der Waals surface area (Å²) in [4.78, 5) is 0. The molecular weight excluding hydrogens is 371 g/mol. The molecule has 1 rings (SSSR count). The van der Waals surface area contributed by atoms with Crippen LogP contribution in [0.15, 0.2) is 18.2 Å². The molecule has 4 heteroatoms. The summed E-state index contributed by atoms with van der Waals surface area (Å²) in [5.74, 6) is 5.66. The number of benzene rings is 1. The van der Waals surface area contributed by atoms with E-state index in [0.717, 1.165) is 15.0 Å². The molecule has 0 fully saturated rings. The largest absolute Gasteiger partial charge is 0.271 e. The van der Waals surface area contributed by atoms with Gasteiger partial charge in [0.2, 0.25) is 0 Å². The maximum Gasteiger partial charge on any atom is 0.0542 e. The van der Waals surface area contributed by atoms with Crippen molar-refractivity contribution in [1.29, 1.82) is 0 Å². The number of hydrogen-bond acceptors (Lipinski definition) is 2. The lowest BCUT2D eigenvalue weighted by Crippen LogP contribution is -2.28. The molecule has 0 aliphatic heterocycles. The Balaban J connectivity index is 2.38. The lowest BCUT2D eigenvalue weighted by Gasteiger charge is -2.17. The van der Waals surface area contributed by atoms with Crippen molar-refractivity contribution in [2.24, 2.45) is 5.84 Å². The summed E-state index contributed by atoms with van der Waals surface area (Å²) in [6.07, 6.45) is 8.91. The third-order valence-corrected chi connectivity index (χ3v) is 4.97. The molecule has 1 aromatic rings. The lowest BCUT2D eigenvalue weighted by molar-refractivity contribution is 0.477. The van der Waals surface area contributed by atoms with Gasteiger partial charge in [-0.1, -0.05) is 63.1 Å². The average molecular weight is 395 g/mol. The molecular formula is C15H24ClIN2. The number of nitrogens with one attached hydrogen (secondary N) is 1. The van der Waals surface area contributed by atoms with Crippen molar-refractivity contribution in [2.75, 3.05) is 0 Å². The van der Waals surface area contributed by atoms with Crippen LogP contribution in [0.25, 0.3) is 0 Å². The molecule has 1 unspecified atom stereocenters. The first-order valence-electron chi connectivity index (χ1n) is 7.10. The van der Waals surface area contributed by atoms with E-state index in [1.165, 1.54) is 44.1 Å². The van der Waals surface area contributed by atoms with Crippen LogP contribution in [0.3, 0.4) is 0 Å². The molecule has 3 N–H and O–H groups in total. The second-order valence-corrected chi connectivity index (χ2v) is 6.52. The number of nitrogens with two attached hydrogens (primary N) is 1. The molecule has 0 bridgehead atoms. The van der Waals surface area contributed by atoms with E-state index in [2.05, 4.69) is 41.0 Å². The maximum atomic E-state index is 6.16. The molecule has 19 heavy (non-hydrogen) atoms. The van der Waals surface area contributed by atoms with Gasteiger partial charge in [-0.15, -0.1) is 0 Å².